The van der Waals surface area contributed by atoms with Crippen LogP contribution in [0.4, 0.5) is 16.6 Å². The van der Waals surface area contributed by atoms with Gasteiger partial charge in [-0.25, -0.2) is 9.78 Å². The summed E-state index contributed by atoms with van der Waals surface area (Å²) in [5.41, 5.74) is 5.23. The number of carbonyl (C=O) groups is 1. The highest BCUT2D eigenvalue weighted by atomic mass is 16.6. The number of aromatic nitrogens is 5. The van der Waals surface area contributed by atoms with Crippen LogP contribution in [-0.2, 0) is 4.74 Å². The van der Waals surface area contributed by atoms with Gasteiger partial charge >= 0.3 is 6.09 Å². The molecule has 3 heterocycles. The number of hydrogen-bond acceptors (Lipinski definition) is 8. The van der Waals surface area contributed by atoms with E-state index in [1.165, 1.54) is 0 Å². The van der Waals surface area contributed by atoms with Gasteiger partial charge < -0.3 is 20.3 Å². The third kappa shape index (κ3) is 3.95. The summed E-state index contributed by atoms with van der Waals surface area (Å²) in [4.78, 5) is 20.1. The fraction of sp³-hybridized carbons (Fsp3) is 0.533. The van der Waals surface area contributed by atoms with Crippen LogP contribution in [0.3, 0.4) is 0 Å². The Bertz CT molecular complexity index is 746. The van der Waals surface area contributed by atoms with Crippen LogP contribution in [0.15, 0.2) is 18.2 Å². The van der Waals surface area contributed by atoms with E-state index in [-0.39, 0.29) is 6.09 Å². The number of rotatable bonds is 2. The summed E-state index contributed by atoms with van der Waals surface area (Å²) in [5, 5.41) is 11.8. The zero-order chi connectivity index (χ0) is 18.0. The molecular weight excluding hydrogens is 324 g/mol. The van der Waals surface area contributed by atoms with Gasteiger partial charge in [-0.15, -0.1) is 0 Å². The molecule has 2 N–H and O–H groups in total. The van der Waals surface area contributed by atoms with Gasteiger partial charge in [-0.05, 0) is 43.3 Å². The molecule has 0 saturated carbocycles. The molecule has 0 radical (unpaired) electrons. The smallest absolute Gasteiger partial charge is 0.410 e. The Balaban J connectivity index is 1.68. The Labute approximate surface area is 145 Å². The van der Waals surface area contributed by atoms with Gasteiger partial charge in [0.1, 0.15) is 11.4 Å². The van der Waals surface area contributed by atoms with Crippen LogP contribution < -0.4 is 10.6 Å². The molecule has 1 fully saturated rings. The number of nitrogens with zero attached hydrogens (tertiary/aromatic N) is 7. The molecule has 10 nitrogen and oxygen atoms in total. The summed E-state index contributed by atoms with van der Waals surface area (Å²) in [6, 6.07) is 5.28. The van der Waals surface area contributed by atoms with Crippen molar-refractivity contribution in [3.05, 3.63) is 18.2 Å². The number of piperazine rings is 1. The van der Waals surface area contributed by atoms with Crippen molar-refractivity contribution in [1.29, 1.82) is 0 Å². The fourth-order valence-electron chi connectivity index (χ4n) is 2.50. The van der Waals surface area contributed by atoms with Crippen LogP contribution in [0, 0.1) is 0 Å². The molecule has 1 amide bonds. The summed E-state index contributed by atoms with van der Waals surface area (Å²) in [6.07, 6.45) is -0.302. The number of anilines is 2. The summed E-state index contributed by atoms with van der Waals surface area (Å²) in [7, 11) is 0. The van der Waals surface area contributed by atoms with Crippen molar-refractivity contribution < 1.29 is 9.53 Å². The first-order valence-electron chi connectivity index (χ1n) is 8.08. The van der Waals surface area contributed by atoms with Crippen LogP contribution in [-0.4, -0.2) is 68.0 Å². The van der Waals surface area contributed by atoms with E-state index in [0.29, 0.717) is 43.8 Å². The molecular formula is C15H22N8O2. The predicted molar refractivity (Wildman–Crippen MR) is 91.4 cm³/mol. The lowest BCUT2D eigenvalue weighted by Gasteiger charge is -2.35. The quantitative estimate of drug-likeness (QED) is 0.845. The molecule has 25 heavy (non-hydrogen) atoms. The molecule has 0 aromatic carbocycles. The van der Waals surface area contributed by atoms with Crippen molar-refractivity contribution in [2.45, 2.75) is 26.4 Å². The Morgan fingerprint density at radius 1 is 1.20 bits per heavy atom. The topological polar surface area (TPSA) is 115 Å². The Kier molecular flexibility index (Phi) is 4.43. The number of amides is 1. The maximum Gasteiger partial charge on any atom is 0.410 e. The number of hydrogen-bond donors (Lipinski definition) is 1. The van der Waals surface area contributed by atoms with Gasteiger partial charge in [-0.3, -0.25) is 0 Å². The highest BCUT2D eigenvalue weighted by Gasteiger charge is 2.28. The summed E-state index contributed by atoms with van der Waals surface area (Å²) in [5.74, 6) is 1.52. The van der Waals surface area contributed by atoms with E-state index in [0.717, 1.165) is 0 Å². The minimum atomic E-state index is -0.503. The lowest BCUT2D eigenvalue weighted by molar-refractivity contribution is 0.0240. The van der Waals surface area contributed by atoms with Crippen LogP contribution in [0.5, 0.6) is 0 Å². The molecule has 1 saturated heterocycles. The average molecular weight is 346 g/mol. The third-order valence-corrected chi connectivity index (χ3v) is 3.64. The highest BCUT2D eigenvalue weighted by Crippen LogP contribution is 2.18. The van der Waals surface area contributed by atoms with E-state index in [1.807, 2.05) is 25.7 Å². The van der Waals surface area contributed by atoms with Crippen molar-refractivity contribution in [1.82, 2.24) is 30.1 Å². The monoisotopic (exact) mass is 346 g/mol. The van der Waals surface area contributed by atoms with Gasteiger partial charge in [0.2, 0.25) is 0 Å². The highest BCUT2D eigenvalue weighted by molar-refractivity contribution is 5.68. The molecule has 0 aliphatic carbocycles. The number of ether oxygens (including phenoxy) is 1. The van der Waals surface area contributed by atoms with Crippen molar-refractivity contribution in [2.24, 2.45) is 0 Å². The molecule has 0 bridgehead atoms. The minimum absolute atomic E-state index is 0.302. The maximum absolute atomic E-state index is 12.1. The van der Waals surface area contributed by atoms with Crippen molar-refractivity contribution >= 4 is 17.9 Å². The Morgan fingerprint density at radius 2 is 1.92 bits per heavy atom. The van der Waals surface area contributed by atoms with Crippen LogP contribution in [0.1, 0.15) is 20.8 Å². The summed E-state index contributed by atoms with van der Waals surface area (Å²) in [6.45, 7) is 7.83. The third-order valence-electron chi connectivity index (χ3n) is 3.64. The number of carbonyl (C=O) groups excluding carboxylic acids is 1. The van der Waals surface area contributed by atoms with Crippen LogP contribution in [0.25, 0.3) is 5.82 Å². The number of pyridine rings is 1. The minimum Gasteiger partial charge on any atom is -0.444 e. The van der Waals surface area contributed by atoms with E-state index < -0.39 is 5.60 Å². The van der Waals surface area contributed by atoms with E-state index in [9.17, 15) is 4.79 Å². The summed E-state index contributed by atoms with van der Waals surface area (Å²) < 4.78 is 6.95. The molecule has 1 aliphatic heterocycles. The van der Waals surface area contributed by atoms with E-state index >= 15 is 0 Å². The van der Waals surface area contributed by atoms with Gasteiger partial charge in [0.25, 0.3) is 5.95 Å². The second-order valence-electron chi connectivity index (χ2n) is 6.77. The molecule has 0 unspecified atom stereocenters. The fourth-order valence-corrected chi connectivity index (χ4v) is 2.50. The molecule has 3 rings (SSSR count). The summed E-state index contributed by atoms with van der Waals surface area (Å²) >= 11 is 0. The Morgan fingerprint density at radius 3 is 2.56 bits per heavy atom. The maximum atomic E-state index is 12.1. The van der Waals surface area contributed by atoms with Crippen LogP contribution >= 0.6 is 0 Å². The zero-order valence-electron chi connectivity index (χ0n) is 14.6. The normalized spacial score (nSPS) is 15.3. The van der Waals surface area contributed by atoms with E-state index in [1.54, 1.807) is 27.8 Å². The van der Waals surface area contributed by atoms with Gasteiger partial charge in [-0.1, -0.05) is 11.2 Å². The second kappa shape index (κ2) is 6.54. The SMILES string of the molecule is CC(C)(C)OC(=O)N1CCN(c2nnnn2-c2cccc(N)n2)CC1. The van der Waals surface area contributed by atoms with Crippen molar-refractivity contribution in [3.8, 4) is 5.82 Å². The molecule has 0 atom stereocenters. The number of nitrogen functional groups attached to an aromatic ring is 1. The Hall–Kier alpha value is -2.91. The molecule has 2 aromatic heterocycles. The standard InChI is InChI=1S/C15H22N8O2/c1-15(2,3)25-14(24)22-9-7-21(8-10-22)13-18-19-20-23(13)12-6-4-5-11(16)17-12/h4-6H,7-10H2,1-3H3,(H2,16,17). The van der Waals surface area contributed by atoms with Gasteiger partial charge in [-0.2, -0.15) is 4.68 Å². The zero-order valence-corrected chi connectivity index (χ0v) is 14.6. The van der Waals surface area contributed by atoms with E-state index in [2.05, 4.69) is 20.5 Å². The lowest BCUT2D eigenvalue weighted by Crippen LogP contribution is -2.50. The van der Waals surface area contributed by atoms with E-state index in [4.69, 9.17) is 10.5 Å². The molecule has 2 aromatic rings. The predicted octanol–water partition coefficient (Wildman–Crippen LogP) is 0.697. The van der Waals surface area contributed by atoms with Gasteiger partial charge in [0.05, 0.1) is 0 Å². The number of nitrogens with two attached hydrogens (primary N) is 1. The first-order valence-corrected chi connectivity index (χ1v) is 8.08. The molecule has 134 valence electrons. The van der Waals surface area contributed by atoms with Gasteiger partial charge in [0, 0.05) is 26.2 Å². The van der Waals surface area contributed by atoms with Crippen LogP contribution in [0.2, 0.25) is 0 Å². The average Bonchev–Trinajstić information content (AvgIpc) is 3.03. The molecule has 1 aliphatic rings. The van der Waals surface area contributed by atoms with Crippen molar-refractivity contribution in [2.75, 3.05) is 36.8 Å². The number of tetrazole rings is 1. The molecule has 0 spiro atoms. The first kappa shape index (κ1) is 16.9. The van der Waals surface area contributed by atoms with Crippen molar-refractivity contribution in [3.63, 3.8) is 0 Å². The first-order chi connectivity index (χ1) is 11.8. The van der Waals surface area contributed by atoms with Gasteiger partial charge in [0.15, 0.2) is 5.82 Å². The second-order valence-corrected chi connectivity index (χ2v) is 6.77. The largest absolute Gasteiger partial charge is 0.444 e. The lowest BCUT2D eigenvalue weighted by atomic mass is 10.2. The molecule has 10 heteroatoms.